The van der Waals surface area contributed by atoms with Gasteiger partial charge in [0.25, 0.3) is 11.8 Å². The Morgan fingerprint density at radius 2 is 1.39 bits per heavy atom. The summed E-state index contributed by atoms with van der Waals surface area (Å²) in [6.45, 7) is 0. The molecule has 1 aromatic carbocycles. The lowest BCUT2D eigenvalue weighted by molar-refractivity contribution is 0.0709. The van der Waals surface area contributed by atoms with E-state index in [9.17, 15) is 9.59 Å². The Morgan fingerprint density at radius 1 is 0.696 bits per heavy atom. The van der Waals surface area contributed by atoms with E-state index in [4.69, 9.17) is 0 Å². The molecular formula is C20H13NO2. The summed E-state index contributed by atoms with van der Waals surface area (Å²) < 4.78 is 0. The van der Waals surface area contributed by atoms with Gasteiger partial charge in [0.2, 0.25) is 0 Å². The second-order valence-corrected chi connectivity index (χ2v) is 5.41. The maximum atomic E-state index is 12.6. The lowest BCUT2D eigenvalue weighted by Gasteiger charge is -2.15. The molecule has 1 heterocycles. The van der Waals surface area contributed by atoms with Gasteiger partial charge in [0.1, 0.15) is 0 Å². The Morgan fingerprint density at radius 3 is 2.13 bits per heavy atom. The SMILES string of the molecule is O=C1c2ccccc2C(=O)N1C1=CC2=CC=CC=CC2=CC=C1. The number of carbonyl (C=O) groups excluding carboxylic acids is 2. The van der Waals surface area contributed by atoms with Gasteiger partial charge >= 0.3 is 0 Å². The van der Waals surface area contributed by atoms with Gasteiger partial charge in [-0.05, 0) is 35.4 Å². The van der Waals surface area contributed by atoms with E-state index in [-0.39, 0.29) is 11.8 Å². The van der Waals surface area contributed by atoms with Gasteiger partial charge in [0, 0.05) is 0 Å². The summed E-state index contributed by atoms with van der Waals surface area (Å²) >= 11 is 0. The van der Waals surface area contributed by atoms with Crippen molar-refractivity contribution in [3.63, 3.8) is 0 Å². The summed E-state index contributed by atoms with van der Waals surface area (Å²) in [6, 6.07) is 6.93. The summed E-state index contributed by atoms with van der Waals surface area (Å²) in [5, 5.41) is 0. The number of allylic oxidation sites excluding steroid dienone is 11. The van der Waals surface area contributed by atoms with Crippen molar-refractivity contribution in [2.45, 2.75) is 0 Å². The molecule has 3 nitrogen and oxygen atoms in total. The fourth-order valence-electron chi connectivity index (χ4n) is 2.88. The van der Waals surface area contributed by atoms with Crippen molar-refractivity contribution in [2.24, 2.45) is 0 Å². The van der Waals surface area contributed by atoms with Crippen LogP contribution in [0.1, 0.15) is 20.7 Å². The molecule has 1 aliphatic heterocycles. The smallest absolute Gasteiger partial charge is 0.266 e. The van der Waals surface area contributed by atoms with Crippen LogP contribution in [0.3, 0.4) is 0 Å². The van der Waals surface area contributed by atoms with Crippen LogP contribution in [0, 0.1) is 0 Å². The largest absolute Gasteiger partial charge is 0.268 e. The molecule has 2 aliphatic carbocycles. The van der Waals surface area contributed by atoms with E-state index in [0.29, 0.717) is 16.8 Å². The molecule has 0 unspecified atom stereocenters. The monoisotopic (exact) mass is 299 g/mol. The number of fused-ring (bicyclic) bond motifs is 2. The molecule has 0 fully saturated rings. The Hall–Kier alpha value is -3.20. The summed E-state index contributed by atoms with van der Waals surface area (Å²) in [7, 11) is 0. The Bertz CT molecular complexity index is 872. The first-order chi connectivity index (χ1) is 11.3. The fourth-order valence-corrected chi connectivity index (χ4v) is 2.88. The highest BCUT2D eigenvalue weighted by molar-refractivity contribution is 6.22. The van der Waals surface area contributed by atoms with Crippen molar-refractivity contribution in [3.8, 4) is 0 Å². The molecule has 3 aliphatic rings. The molecular weight excluding hydrogens is 286 g/mol. The molecule has 0 saturated heterocycles. The van der Waals surface area contributed by atoms with Gasteiger partial charge in [-0.3, -0.25) is 9.59 Å². The third-order valence-electron chi connectivity index (χ3n) is 4.01. The molecule has 23 heavy (non-hydrogen) atoms. The minimum absolute atomic E-state index is 0.273. The van der Waals surface area contributed by atoms with E-state index in [1.54, 1.807) is 30.3 Å². The molecule has 0 bridgehead atoms. The Labute approximate surface area is 133 Å². The molecule has 4 rings (SSSR count). The van der Waals surface area contributed by atoms with Crippen LogP contribution in [0.15, 0.2) is 95.8 Å². The van der Waals surface area contributed by atoms with E-state index in [2.05, 4.69) is 0 Å². The first kappa shape index (κ1) is 13.5. The first-order valence-corrected chi connectivity index (χ1v) is 7.39. The number of amides is 2. The van der Waals surface area contributed by atoms with Crippen LogP contribution < -0.4 is 0 Å². The molecule has 0 atom stereocenters. The second kappa shape index (κ2) is 5.21. The maximum Gasteiger partial charge on any atom is 0.266 e. The predicted octanol–water partition coefficient (Wildman–Crippen LogP) is 3.72. The third kappa shape index (κ3) is 2.14. The van der Waals surface area contributed by atoms with Gasteiger partial charge in [0.05, 0.1) is 16.8 Å². The first-order valence-electron chi connectivity index (χ1n) is 7.39. The highest BCUT2D eigenvalue weighted by Crippen LogP contribution is 2.29. The van der Waals surface area contributed by atoms with E-state index >= 15 is 0 Å². The Kier molecular flexibility index (Phi) is 3.05. The van der Waals surface area contributed by atoms with Gasteiger partial charge in [-0.25, -0.2) is 4.90 Å². The Balaban J connectivity index is 1.79. The number of rotatable bonds is 1. The van der Waals surface area contributed by atoms with Crippen LogP contribution >= 0.6 is 0 Å². The highest BCUT2D eigenvalue weighted by Gasteiger charge is 2.36. The van der Waals surface area contributed by atoms with E-state index < -0.39 is 0 Å². The number of nitrogens with zero attached hydrogens (tertiary/aromatic N) is 1. The van der Waals surface area contributed by atoms with Crippen molar-refractivity contribution < 1.29 is 9.59 Å². The van der Waals surface area contributed by atoms with E-state index in [1.807, 2.05) is 48.6 Å². The van der Waals surface area contributed by atoms with E-state index in [0.717, 1.165) is 11.1 Å². The maximum absolute atomic E-state index is 12.6. The van der Waals surface area contributed by atoms with Crippen LogP contribution in [-0.2, 0) is 0 Å². The van der Waals surface area contributed by atoms with Crippen molar-refractivity contribution in [3.05, 3.63) is 107 Å². The zero-order valence-electron chi connectivity index (χ0n) is 12.3. The number of imide groups is 1. The fraction of sp³-hybridized carbons (Fsp3) is 0. The average Bonchev–Trinajstić information content (AvgIpc) is 2.76. The summed E-state index contributed by atoms with van der Waals surface area (Å²) in [6.07, 6.45) is 17.3. The molecule has 110 valence electrons. The number of hydrogen-bond donors (Lipinski definition) is 0. The molecule has 0 saturated carbocycles. The molecule has 1 aromatic rings. The molecule has 0 radical (unpaired) electrons. The van der Waals surface area contributed by atoms with Gasteiger partial charge < -0.3 is 0 Å². The molecule has 0 aromatic heterocycles. The summed E-state index contributed by atoms with van der Waals surface area (Å²) in [5.41, 5.74) is 3.50. The quantitative estimate of drug-likeness (QED) is 0.741. The van der Waals surface area contributed by atoms with Crippen molar-refractivity contribution >= 4 is 11.8 Å². The average molecular weight is 299 g/mol. The van der Waals surface area contributed by atoms with Crippen LogP contribution in [-0.4, -0.2) is 16.7 Å². The highest BCUT2D eigenvalue weighted by atomic mass is 16.2. The minimum atomic E-state index is -0.273. The standard InChI is InChI=1S/C20H13NO2/c22-19-17-11-4-5-12-18(17)20(23)21(19)16-10-6-9-14-7-2-1-3-8-15(14)13-16/h1-13H. The van der Waals surface area contributed by atoms with Gasteiger partial charge in [0.15, 0.2) is 0 Å². The normalized spacial score (nSPS) is 18.8. The van der Waals surface area contributed by atoms with Crippen molar-refractivity contribution in [1.82, 2.24) is 4.90 Å². The number of hydrogen-bond acceptors (Lipinski definition) is 2. The van der Waals surface area contributed by atoms with Crippen molar-refractivity contribution in [2.75, 3.05) is 0 Å². The van der Waals surface area contributed by atoms with Gasteiger partial charge in [-0.1, -0.05) is 54.7 Å². The number of carbonyl (C=O) groups is 2. The lowest BCUT2D eigenvalue weighted by Crippen LogP contribution is -2.28. The van der Waals surface area contributed by atoms with Crippen LogP contribution in [0.25, 0.3) is 0 Å². The van der Waals surface area contributed by atoms with Crippen LogP contribution in [0.2, 0.25) is 0 Å². The molecule has 2 amide bonds. The molecule has 0 spiro atoms. The van der Waals surface area contributed by atoms with Gasteiger partial charge in [-0.2, -0.15) is 0 Å². The predicted molar refractivity (Wildman–Crippen MR) is 88.6 cm³/mol. The second-order valence-electron chi connectivity index (χ2n) is 5.41. The third-order valence-corrected chi connectivity index (χ3v) is 4.01. The summed E-state index contributed by atoms with van der Waals surface area (Å²) in [4.78, 5) is 26.5. The van der Waals surface area contributed by atoms with Crippen molar-refractivity contribution in [1.29, 1.82) is 0 Å². The lowest BCUT2D eigenvalue weighted by atomic mass is 10.1. The zero-order valence-corrected chi connectivity index (χ0v) is 12.3. The van der Waals surface area contributed by atoms with Crippen LogP contribution in [0.4, 0.5) is 0 Å². The van der Waals surface area contributed by atoms with Crippen LogP contribution in [0.5, 0.6) is 0 Å². The number of benzene rings is 1. The molecule has 3 heteroatoms. The van der Waals surface area contributed by atoms with E-state index in [1.165, 1.54) is 4.90 Å². The molecule has 0 N–H and O–H groups in total. The summed E-state index contributed by atoms with van der Waals surface area (Å²) in [5.74, 6) is -0.546. The topological polar surface area (TPSA) is 37.4 Å². The minimum Gasteiger partial charge on any atom is -0.268 e. The van der Waals surface area contributed by atoms with Gasteiger partial charge in [-0.15, -0.1) is 0 Å². The zero-order chi connectivity index (χ0) is 15.8.